The van der Waals surface area contributed by atoms with Crippen LogP contribution in [0.15, 0.2) is 48.8 Å². The van der Waals surface area contributed by atoms with Gasteiger partial charge in [0.1, 0.15) is 24.4 Å². The fourth-order valence-corrected chi connectivity index (χ4v) is 5.67. The van der Waals surface area contributed by atoms with Crippen molar-refractivity contribution < 1.29 is 19.1 Å². The number of carbonyl (C=O) groups excluding carboxylic acids is 3. The van der Waals surface area contributed by atoms with E-state index in [2.05, 4.69) is 36.4 Å². The van der Waals surface area contributed by atoms with Gasteiger partial charge in [0.25, 0.3) is 5.91 Å². The summed E-state index contributed by atoms with van der Waals surface area (Å²) in [7, 11) is 0. The molecule has 3 unspecified atom stereocenters. The number of rotatable bonds is 7. The number of hydrogen-bond donors (Lipinski definition) is 2. The molecule has 186 valence electrons. The van der Waals surface area contributed by atoms with Crippen molar-refractivity contribution in [1.82, 2.24) is 20.5 Å². The monoisotopic (exact) mass is 478 g/mol. The second-order valence-corrected chi connectivity index (χ2v) is 10.8. The third-order valence-electron chi connectivity index (χ3n) is 6.81. The van der Waals surface area contributed by atoms with Gasteiger partial charge in [0, 0.05) is 18.0 Å². The molecule has 4 amide bonds. The number of ether oxygens (including phenoxy) is 1. The van der Waals surface area contributed by atoms with Gasteiger partial charge in [-0.05, 0) is 61.3 Å². The summed E-state index contributed by atoms with van der Waals surface area (Å²) in [5.41, 5.74) is 0.908. The maximum Gasteiger partial charge on any atom is 0.325 e. The standard InChI is InChI=1S/C27H34N4O4/c1-18-12-26(3,4)17-27(13-18)24(33)31(25(34)30-27)15-23(32)29-19(2)21-7-9-22(10-8-21)35-16-20-6-5-11-28-14-20/h5-11,14,18-19H,12-13,15-17H2,1-4H3,(H,29,32)(H,30,34). The summed E-state index contributed by atoms with van der Waals surface area (Å²) in [6.45, 7) is 8.34. The summed E-state index contributed by atoms with van der Waals surface area (Å²) in [4.78, 5) is 43.8. The fourth-order valence-electron chi connectivity index (χ4n) is 5.67. The summed E-state index contributed by atoms with van der Waals surface area (Å²) in [5, 5.41) is 5.81. The molecule has 8 heteroatoms. The van der Waals surface area contributed by atoms with Crippen molar-refractivity contribution in [3.63, 3.8) is 0 Å². The number of urea groups is 1. The van der Waals surface area contributed by atoms with E-state index >= 15 is 0 Å². The summed E-state index contributed by atoms with van der Waals surface area (Å²) < 4.78 is 5.78. The van der Waals surface area contributed by atoms with Gasteiger partial charge in [0.15, 0.2) is 0 Å². The molecule has 8 nitrogen and oxygen atoms in total. The van der Waals surface area contributed by atoms with Crippen molar-refractivity contribution in [3.8, 4) is 5.75 Å². The predicted octanol–water partition coefficient (Wildman–Crippen LogP) is 3.97. The Kier molecular flexibility index (Phi) is 6.83. The first kappa shape index (κ1) is 24.7. The molecule has 2 heterocycles. The second kappa shape index (κ2) is 9.68. The van der Waals surface area contributed by atoms with Gasteiger partial charge in [-0.3, -0.25) is 19.5 Å². The lowest BCUT2D eigenvalue weighted by Gasteiger charge is -2.43. The van der Waals surface area contributed by atoms with Gasteiger partial charge in [-0.2, -0.15) is 0 Å². The number of hydrogen-bond acceptors (Lipinski definition) is 5. The van der Waals surface area contributed by atoms with E-state index in [1.165, 1.54) is 0 Å². The van der Waals surface area contributed by atoms with Crippen LogP contribution in [0.3, 0.4) is 0 Å². The van der Waals surface area contributed by atoms with Crippen LogP contribution >= 0.6 is 0 Å². The van der Waals surface area contributed by atoms with Crippen LogP contribution < -0.4 is 15.4 Å². The molecule has 2 N–H and O–H groups in total. The zero-order valence-electron chi connectivity index (χ0n) is 20.8. The number of nitrogens with one attached hydrogen (secondary N) is 2. The first-order valence-corrected chi connectivity index (χ1v) is 12.1. The molecule has 1 aromatic heterocycles. The number of pyridine rings is 1. The molecule has 1 aliphatic heterocycles. The number of aromatic nitrogens is 1. The number of nitrogens with zero attached hydrogens (tertiary/aromatic N) is 2. The van der Waals surface area contributed by atoms with Crippen LogP contribution in [0.5, 0.6) is 5.75 Å². The predicted molar refractivity (Wildman–Crippen MR) is 131 cm³/mol. The SMILES string of the molecule is CC1CC(C)(C)CC2(C1)NC(=O)N(CC(=O)NC(C)c1ccc(OCc3cccnc3)cc1)C2=O. The maximum absolute atomic E-state index is 13.3. The Labute approximate surface area is 206 Å². The number of amides is 4. The third-order valence-corrected chi connectivity index (χ3v) is 6.81. The summed E-state index contributed by atoms with van der Waals surface area (Å²) in [5.74, 6) is 0.358. The molecular weight excluding hydrogens is 444 g/mol. The zero-order chi connectivity index (χ0) is 25.2. The first-order chi connectivity index (χ1) is 16.6. The average molecular weight is 479 g/mol. The Bertz CT molecular complexity index is 1090. The van der Waals surface area contributed by atoms with E-state index in [4.69, 9.17) is 4.74 Å². The van der Waals surface area contributed by atoms with E-state index < -0.39 is 11.6 Å². The molecule has 0 bridgehead atoms. The molecule has 3 atom stereocenters. The van der Waals surface area contributed by atoms with Crippen molar-refractivity contribution >= 4 is 17.8 Å². The van der Waals surface area contributed by atoms with Crippen LogP contribution in [0.25, 0.3) is 0 Å². The maximum atomic E-state index is 13.3. The van der Waals surface area contributed by atoms with Gasteiger partial charge in [-0.25, -0.2) is 4.79 Å². The highest BCUT2D eigenvalue weighted by Crippen LogP contribution is 2.46. The van der Waals surface area contributed by atoms with Crippen LogP contribution in [0.4, 0.5) is 4.79 Å². The fraction of sp³-hybridized carbons (Fsp3) is 0.481. The van der Waals surface area contributed by atoms with E-state index in [9.17, 15) is 14.4 Å². The average Bonchev–Trinajstić information content (AvgIpc) is 3.00. The lowest BCUT2D eigenvalue weighted by atomic mass is 9.64. The van der Waals surface area contributed by atoms with Crippen LogP contribution in [0.2, 0.25) is 0 Å². The molecule has 1 aliphatic carbocycles. The van der Waals surface area contributed by atoms with E-state index in [1.54, 1.807) is 12.4 Å². The van der Waals surface area contributed by atoms with Crippen LogP contribution in [-0.2, 0) is 16.2 Å². The van der Waals surface area contributed by atoms with E-state index in [-0.39, 0.29) is 29.8 Å². The Morgan fingerprint density at radius 2 is 1.97 bits per heavy atom. The highest BCUT2D eigenvalue weighted by molar-refractivity contribution is 6.09. The van der Waals surface area contributed by atoms with Crippen molar-refractivity contribution in [2.45, 2.75) is 65.1 Å². The van der Waals surface area contributed by atoms with Crippen molar-refractivity contribution in [2.75, 3.05) is 6.54 Å². The second-order valence-electron chi connectivity index (χ2n) is 10.8. The number of carbonyl (C=O) groups is 3. The Hall–Kier alpha value is -3.42. The minimum absolute atomic E-state index is 0.0543. The molecular formula is C27H34N4O4. The number of benzene rings is 1. The largest absolute Gasteiger partial charge is 0.489 e. The minimum atomic E-state index is -0.907. The normalized spacial score (nSPS) is 24.2. The molecule has 2 aromatic rings. The highest BCUT2D eigenvalue weighted by Gasteiger charge is 2.56. The minimum Gasteiger partial charge on any atom is -0.489 e. The van der Waals surface area contributed by atoms with E-state index in [0.29, 0.717) is 31.1 Å². The topological polar surface area (TPSA) is 101 Å². The van der Waals surface area contributed by atoms with Gasteiger partial charge >= 0.3 is 6.03 Å². The van der Waals surface area contributed by atoms with E-state index in [0.717, 1.165) is 22.4 Å². The van der Waals surface area contributed by atoms with Crippen LogP contribution in [-0.4, -0.2) is 39.8 Å². The van der Waals surface area contributed by atoms with Crippen molar-refractivity contribution in [3.05, 3.63) is 59.9 Å². The summed E-state index contributed by atoms with van der Waals surface area (Å²) in [6, 6.07) is 10.5. The molecule has 1 aromatic carbocycles. The zero-order valence-corrected chi connectivity index (χ0v) is 20.8. The van der Waals surface area contributed by atoms with Gasteiger partial charge in [0.05, 0.1) is 6.04 Å². The molecule has 2 fully saturated rings. The molecule has 2 aliphatic rings. The van der Waals surface area contributed by atoms with Gasteiger partial charge in [0.2, 0.25) is 5.91 Å². The van der Waals surface area contributed by atoms with Gasteiger partial charge in [-0.1, -0.05) is 39.0 Å². The number of imide groups is 1. The Morgan fingerprint density at radius 1 is 1.23 bits per heavy atom. The van der Waals surface area contributed by atoms with Gasteiger partial charge < -0.3 is 15.4 Å². The molecule has 1 saturated carbocycles. The Balaban J connectivity index is 1.32. The van der Waals surface area contributed by atoms with E-state index in [1.807, 2.05) is 43.3 Å². The quantitative estimate of drug-likeness (QED) is 0.587. The van der Waals surface area contributed by atoms with Crippen LogP contribution in [0.1, 0.15) is 64.1 Å². The summed E-state index contributed by atoms with van der Waals surface area (Å²) >= 11 is 0. The lowest BCUT2D eigenvalue weighted by molar-refractivity contribution is -0.137. The first-order valence-electron chi connectivity index (χ1n) is 12.1. The molecule has 4 rings (SSSR count). The van der Waals surface area contributed by atoms with Crippen LogP contribution in [0, 0.1) is 11.3 Å². The lowest BCUT2D eigenvalue weighted by Crippen LogP contribution is -2.54. The third kappa shape index (κ3) is 5.63. The molecule has 35 heavy (non-hydrogen) atoms. The van der Waals surface area contributed by atoms with Crippen molar-refractivity contribution in [1.29, 1.82) is 0 Å². The van der Waals surface area contributed by atoms with Crippen molar-refractivity contribution in [2.24, 2.45) is 11.3 Å². The highest BCUT2D eigenvalue weighted by atomic mass is 16.5. The van der Waals surface area contributed by atoms with Gasteiger partial charge in [-0.15, -0.1) is 0 Å². The molecule has 1 saturated heterocycles. The molecule has 0 radical (unpaired) electrons. The smallest absolute Gasteiger partial charge is 0.325 e. The Morgan fingerprint density at radius 3 is 2.63 bits per heavy atom. The molecule has 1 spiro atoms. The summed E-state index contributed by atoms with van der Waals surface area (Å²) in [6.07, 6.45) is 5.66.